The summed E-state index contributed by atoms with van der Waals surface area (Å²) in [5, 5.41) is 0. The van der Waals surface area contributed by atoms with Gasteiger partial charge in [0.25, 0.3) is 0 Å². The van der Waals surface area contributed by atoms with Gasteiger partial charge >= 0.3 is 0 Å². The molecule has 0 saturated carbocycles. The van der Waals surface area contributed by atoms with Crippen LogP contribution in [0.4, 0.5) is 0 Å². The number of rotatable bonds is 5. The summed E-state index contributed by atoms with van der Waals surface area (Å²) in [5.41, 5.74) is 1.06. The minimum Gasteiger partial charge on any atom is -0.295 e. The Morgan fingerprint density at radius 2 is 2.00 bits per heavy atom. The molecule has 1 rings (SSSR count). The molecule has 0 N–H and O–H groups in total. The van der Waals surface area contributed by atoms with Gasteiger partial charge in [-0.15, -0.1) is 6.58 Å². The SMILES string of the molecule is C=CCCC(=O)C=Cc1ccccc1. The van der Waals surface area contributed by atoms with Crippen LogP contribution in [-0.2, 0) is 4.79 Å². The van der Waals surface area contributed by atoms with Crippen LogP contribution in [0.25, 0.3) is 6.08 Å². The predicted octanol–water partition coefficient (Wildman–Crippen LogP) is 3.24. The molecule has 0 aromatic heterocycles. The van der Waals surface area contributed by atoms with Gasteiger partial charge < -0.3 is 0 Å². The molecule has 0 aliphatic carbocycles. The molecule has 1 aromatic rings. The van der Waals surface area contributed by atoms with Crippen LogP contribution in [0.1, 0.15) is 18.4 Å². The van der Waals surface area contributed by atoms with E-state index in [0.717, 1.165) is 12.0 Å². The molecule has 0 bridgehead atoms. The largest absolute Gasteiger partial charge is 0.295 e. The van der Waals surface area contributed by atoms with E-state index in [1.54, 1.807) is 12.2 Å². The molecule has 0 unspecified atom stereocenters. The first-order valence-electron chi connectivity index (χ1n) is 4.70. The van der Waals surface area contributed by atoms with Crippen molar-refractivity contribution in [3.8, 4) is 0 Å². The molecule has 0 heterocycles. The van der Waals surface area contributed by atoms with Crippen molar-refractivity contribution in [2.75, 3.05) is 0 Å². The first kappa shape index (κ1) is 10.5. The van der Waals surface area contributed by atoms with Crippen LogP contribution in [0.5, 0.6) is 0 Å². The number of hydrogen-bond donors (Lipinski definition) is 0. The molecular formula is C13H14O. The Morgan fingerprint density at radius 3 is 2.64 bits per heavy atom. The van der Waals surface area contributed by atoms with Crippen molar-refractivity contribution in [1.82, 2.24) is 0 Å². The lowest BCUT2D eigenvalue weighted by atomic mass is 10.1. The third-order valence-corrected chi connectivity index (χ3v) is 1.86. The Hall–Kier alpha value is -1.63. The molecule has 0 radical (unpaired) electrons. The number of carbonyl (C=O) groups is 1. The summed E-state index contributed by atoms with van der Waals surface area (Å²) in [6.07, 6.45) is 6.52. The van der Waals surface area contributed by atoms with E-state index < -0.39 is 0 Å². The second-order valence-electron chi connectivity index (χ2n) is 3.04. The van der Waals surface area contributed by atoms with E-state index >= 15 is 0 Å². The Kier molecular flexibility index (Phi) is 4.42. The van der Waals surface area contributed by atoms with Gasteiger partial charge in [-0.25, -0.2) is 0 Å². The minimum atomic E-state index is 0.147. The van der Waals surface area contributed by atoms with E-state index in [-0.39, 0.29) is 5.78 Å². The van der Waals surface area contributed by atoms with Crippen LogP contribution < -0.4 is 0 Å². The minimum absolute atomic E-state index is 0.147. The van der Waals surface area contributed by atoms with Crippen molar-refractivity contribution < 1.29 is 4.79 Å². The van der Waals surface area contributed by atoms with Crippen LogP contribution in [-0.4, -0.2) is 5.78 Å². The predicted molar refractivity (Wildman–Crippen MR) is 59.9 cm³/mol. The number of allylic oxidation sites excluding steroid dienone is 2. The lowest BCUT2D eigenvalue weighted by Crippen LogP contribution is -1.89. The van der Waals surface area contributed by atoms with Crippen molar-refractivity contribution in [2.45, 2.75) is 12.8 Å². The van der Waals surface area contributed by atoms with Crippen LogP contribution in [0.15, 0.2) is 49.1 Å². The Balaban J connectivity index is 2.48. The average Bonchev–Trinajstić information content (AvgIpc) is 2.25. The molecule has 0 atom stereocenters. The standard InChI is InChI=1S/C13H14O/c1-2-3-9-13(14)11-10-12-7-5-4-6-8-12/h2,4-8,10-11H,1,3,9H2. The van der Waals surface area contributed by atoms with E-state index in [9.17, 15) is 4.79 Å². The summed E-state index contributed by atoms with van der Waals surface area (Å²) in [5.74, 6) is 0.147. The fourth-order valence-electron chi connectivity index (χ4n) is 1.08. The smallest absolute Gasteiger partial charge is 0.156 e. The van der Waals surface area contributed by atoms with Crippen molar-refractivity contribution >= 4 is 11.9 Å². The van der Waals surface area contributed by atoms with Gasteiger partial charge in [-0.1, -0.05) is 42.5 Å². The topological polar surface area (TPSA) is 17.1 Å². The van der Waals surface area contributed by atoms with E-state index in [1.807, 2.05) is 36.4 Å². The molecule has 1 heteroatoms. The van der Waals surface area contributed by atoms with E-state index in [0.29, 0.717) is 6.42 Å². The number of benzene rings is 1. The molecular weight excluding hydrogens is 172 g/mol. The summed E-state index contributed by atoms with van der Waals surface area (Å²) >= 11 is 0. The Labute approximate surface area is 84.8 Å². The van der Waals surface area contributed by atoms with Crippen LogP contribution in [0.3, 0.4) is 0 Å². The quantitative estimate of drug-likeness (QED) is 0.509. The molecule has 14 heavy (non-hydrogen) atoms. The van der Waals surface area contributed by atoms with Gasteiger partial charge in [-0.2, -0.15) is 0 Å². The third kappa shape index (κ3) is 3.85. The van der Waals surface area contributed by atoms with Crippen LogP contribution in [0, 0.1) is 0 Å². The van der Waals surface area contributed by atoms with E-state index in [2.05, 4.69) is 6.58 Å². The second-order valence-corrected chi connectivity index (χ2v) is 3.04. The van der Waals surface area contributed by atoms with Gasteiger partial charge in [0.1, 0.15) is 0 Å². The van der Waals surface area contributed by atoms with Crippen LogP contribution >= 0.6 is 0 Å². The summed E-state index contributed by atoms with van der Waals surface area (Å²) in [4.78, 5) is 11.2. The van der Waals surface area contributed by atoms with Gasteiger partial charge in [-0.05, 0) is 18.1 Å². The van der Waals surface area contributed by atoms with Crippen LogP contribution in [0.2, 0.25) is 0 Å². The average molecular weight is 186 g/mol. The molecule has 0 spiro atoms. The molecule has 1 aromatic carbocycles. The van der Waals surface area contributed by atoms with Gasteiger partial charge in [-0.3, -0.25) is 4.79 Å². The highest BCUT2D eigenvalue weighted by Crippen LogP contribution is 2.02. The summed E-state index contributed by atoms with van der Waals surface area (Å²) < 4.78 is 0. The molecule has 1 nitrogen and oxygen atoms in total. The molecule has 0 fully saturated rings. The Morgan fingerprint density at radius 1 is 1.29 bits per heavy atom. The molecule has 72 valence electrons. The van der Waals surface area contributed by atoms with E-state index in [4.69, 9.17) is 0 Å². The zero-order valence-electron chi connectivity index (χ0n) is 8.15. The fourth-order valence-corrected chi connectivity index (χ4v) is 1.08. The number of carbonyl (C=O) groups excluding carboxylic acids is 1. The first-order valence-corrected chi connectivity index (χ1v) is 4.70. The van der Waals surface area contributed by atoms with Crippen molar-refractivity contribution in [3.05, 3.63) is 54.6 Å². The highest BCUT2D eigenvalue weighted by Gasteiger charge is 1.93. The number of hydrogen-bond acceptors (Lipinski definition) is 1. The zero-order chi connectivity index (χ0) is 10.2. The van der Waals surface area contributed by atoms with Gasteiger partial charge in [0.2, 0.25) is 0 Å². The van der Waals surface area contributed by atoms with Gasteiger partial charge in [0, 0.05) is 6.42 Å². The summed E-state index contributed by atoms with van der Waals surface area (Å²) in [6, 6.07) is 9.80. The van der Waals surface area contributed by atoms with Crippen molar-refractivity contribution in [1.29, 1.82) is 0 Å². The highest BCUT2D eigenvalue weighted by molar-refractivity contribution is 5.93. The maximum absolute atomic E-state index is 11.2. The van der Waals surface area contributed by atoms with Gasteiger partial charge in [0.05, 0.1) is 0 Å². The van der Waals surface area contributed by atoms with Crippen molar-refractivity contribution in [3.63, 3.8) is 0 Å². The normalized spacial score (nSPS) is 10.3. The Bertz CT molecular complexity index is 322. The van der Waals surface area contributed by atoms with E-state index in [1.165, 1.54) is 0 Å². The molecule has 0 saturated heterocycles. The number of ketones is 1. The van der Waals surface area contributed by atoms with Gasteiger partial charge in [0.15, 0.2) is 5.78 Å². The fraction of sp³-hybridized carbons (Fsp3) is 0.154. The molecule has 0 aliphatic heterocycles. The summed E-state index contributed by atoms with van der Waals surface area (Å²) in [6.45, 7) is 3.57. The third-order valence-electron chi connectivity index (χ3n) is 1.86. The first-order chi connectivity index (χ1) is 6.83. The summed E-state index contributed by atoms with van der Waals surface area (Å²) in [7, 11) is 0. The maximum atomic E-state index is 11.2. The lowest BCUT2D eigenvalue weighted by molar-refractivity contribution is -0.114. The zero-order valence-corrected chi connectivity index (χ0v) is 8.15. The monoisotopic (exact) mass is 186 g/mol. The molecule has 0 amide bonds. The highest BCUT2D eigenvalue weighted by atomic mass is 16.1. The van der Waals surface area contributed by atoms with Crippen molar-refractivity contribution in [2.24, 2.45) is 0 Å². The lowest BCUT2D eigenvalue weighted by Gasteiger charge is -1.91. The molecule has 0 aliphatic rings. The second kappa shape index (κ2) is 5.92. The maximum Gasteiger partial charge on any atom is 0.156 e.